The minimum Gasteiger partial charge on any atom is -0.354 e. The van der Waals surface area contributed by atoms with Gasteiger partial charge < -0.3 is 15.6 Å². The molecule has 0 saturated carbocycles. The van der Waals surface area contributed by atoms with Gasteiger partial charge in [0.1, 0.15) is 12.0 Å². The number of hydrogen-bond donors (Lipinski definition) is 3. The van der Waals surface area contributed by atoms with E-state index in [1.807, 2.05) is 0 Å². The lowest BCUT2D eigenvalue weighted by atomic mass is 10.3. The molecule has 3 aromatic heterocycles. The van der Waals surface area contributed by atoms with Gasteiger partial charge in [0.2, 0.25) is 5.95 Å². The molecule has 0 aliphatic rings. The molecule has 3 N–H and O–H groups in total. The Kier molecular flexibility index (Phi) is 4.27. The molecule has 0 atom stereocenters. The molecule has 1 amide bonds. The number of rotatable bonds is 6. The number of nitrogens with zero attached hydrogens (tertiary/aromatic N) is 4. The van der Waals surface area contributed by atoms with E-state index < -0.39 is 5.69 Å². The van der Waals surface area contributed by atoms with Gasteiger partial charge in [-0.3, -0.25) is 9.20 Å². The summed E-state index contributed by atoms with van der Waals surface area (Å²) in [6.07, 6.45) is 6.92. The normalized spacial score (nSPS) is 10.6. The van der Waals surface area contributed by atoms with Gasteiger partial charge in [-0.15, -0.1) is 0 Å². The van der Waals surface area contributed by atoms with Crippen molar-refractivity contribution in [1.82, 2.24) is 29.7 Å². The number of amides is 1. The summed E-state index contributed by atoms with van der Waals surface area (Å²) in [4.78, 5) is 38.3. The van der Waals surface area contributed by atoms with Crippen molar-refractivity contribution < 1.29 is 4.79 Å². The quantitative estimate of drug-likeness (QED) is 0.553. The van der Waals surface area contributed by atoms with E-state index in [-0.39, 0.29) is 11.6 Å². The monoisotopic (exact) mass is 313 g/mol. The number of nitrogens with one attached hydrogen (secondary N) is 3. The molecular formula is C14H15N7O2. The summed E-state index contributed by atoms with van der Waals surface area (Å²) in [5, 5.41) is 5.79. The zero-order valence-electron chi connectivity index (χ0n) is 12.2. The smallest absolute Gasteiger partial charge is 0.331 e. The highest BCUT2D eigenvalue weighted by Crippen LogP contribution is 2.00. The Hall–Kier alpha value is -3.23. The SMILES string of the molecule is O=C(NCCCNc1ncccn1)c1cc2cncn2c(=O)[nH]1. The van der Waals surface area contributed by atoms with Gasteiger partial charge in [0, 0.05) is 25.5 Å². The number of anilines is 1. The van der Waals surface area contributed by atoms with E-state index in [4.69, 9.17) is 0 Å². The van der Waals surface area contributed by atoms with Crippen LogP contribution in [0, 0.1) is 0 Å². The van der Waals surface area contributed by atoms with E-state index >= 15 is 0 Å². The van der Waals surface area contributed by atoms with Crippen LogP contribution in [0.3, 0.4) is 0 Å². The van der Waals surface area contributed by atoms with Crippen LogP contribution in [-0.2, 0) is 0 Å². The number of hydrogen-bond acceptors (Lipinski definition) is 6. The second kappa shape index (κ2) is 6.69. The Balaban J connectivity index is 1.50. The molecule has 0 aliphatic heterocycles. The van der Waals surface area contributed by atoms with Crippen molar-refractivity contribution in [3.05, 3.63) is 53.2 Å². The van der Waals surface area contributed by atoms with Crippen molar-refractivity contribution in [3.8, 4) is 0 Å². The Labute approximate surface area is 130 Å². The van der Waals surface area contributed by atoms with Crippen molar-refractivity contribution in [2.75, 3.05) is 18.4 Å². The van der Waals surface area contributed by atoms with Crippen LogP contribution in [0.2, 0.25) is 0 Å². The second-order valence-electron chi connectivity index (χ2n) is 4.79. The lowest BCUT2D eigenvalue weighted by Crippen LogP contribution is -2.29. The predicted molar refractivity (Wildman–Crippen MR) is 83.3 cm³/mol. The summed E-state index contributed by atoms with van der Waals surface area (Å²) >= 11 is 0. The van der Waals surface area contributed by atoms with Gasteiger partial charge in [-0.2, -0.15) is 0 Å². The minimum absolute atomic E-state index is 0.211. The van der Waals surface area contributed by atoms with Gasteiger partial charge in [0.15, 0.2) is 0 Å². The van der Waals surface area contributed by atoms with E-state index in [0.29, 0.717) is 31.0 Å². The maximum atomic E-state index is 12.0. The molecule has 9 heteroatoms. The summed E-state index contributed by atoms with van der Waals surface area (Å²) in [7, 11) is 0. The standard InChI is InChI=1S/C14H15N7O2/c22-12(11-7-10-8-15-9-21(10)14(23)20-11)16-3-1-4-17-13-18-5-2-6-19-13/h2,5-9H,1,3-4H2,(H,16,22)(H,20,23)(H,17,18,19). The Bertz CT molecular complexity index is 856. The Morgan fingerprint density at radius 3 is 2.91 bits per heavy atom. The van der Waals surface area contributed by atoms with Crippen LogP contribution in [0.5, 0.6) is 0 Å². The lowest BCUT2D eigenvalue weighted by molar-refractivity contribution is 0.0948. The van der Waals surface area contributed by atoms with Gasteiger partial charge in [-0.25, -0.2) is 19.7 Å². The average Bonchev–Trinajstić information content (AvgIpc) is 3.04. The van der Waals surface area contributed by atoms with Gasteiger partial charge in [0.25, 0.3) is 5.91 Å². The second-order valence-corrected chi connectivity index (χ2v) is 4.79. The highest BCUT2D eigenvalue weighted by atomic mass is 16.2. The van der Waals surface area contributed by atoms with Crippen molar-refractivity contribution in [2.45, 2.75) is 6.42 Å². The Morgan fingerprint density at radius 1 is 1.26 bits per heavy atom. The zero-order chi connectivity index (χ0) is 16.1. The summed E-state index contributed by atoms with van der Waals surface area (Å²) in [6, 6.07) is 3.32. The molecule has 0 aromatic carbocycles. The topological polar surface area (TPSA) is 117 Å². The third-order valence-electron chi connectivity index (χ3n) is 3.15. The molecule has 0 spiro atoms. The number of imidazole rings is 1. The number of carbonyl (C=O) groups is 1. The van der Waals surface area contributed by atoms with Crippen molar-refractivity contribution in [3.63, 3.8) is 0 Å². The molecule has 0 aliphatic carbocycles. The first-order chi connectivity index (χ1) is 11.2. The molecule has 9 nitrogen and oxygen atoms in total. The van der Waals surface area contributed by atoms with Crippen molar-refractivity contribution >= 4 is 17.4 Å². The highest BCUT2D eigenvalue weighted by Gasteiger charge is 2.08. The molecule has 0 unspecified atom stereocenters. The number of carbonyl (C=O) groups excluding carboxylic acids is 1. The van der Waals surface area contributed by atoms with Crippen LogP contribution < -0.4 is 16.3 Å². The third kappa shape index (κ3) is 3.51. The average molecular weight is 313 g/mol. The lowest BCUT2D eigenvalue weighted by Gasteiger charge is -2.06. The van der Waals surface area contributed by atoms with Crippen LogP contribution in [0.15, 0.2) is 41.8 Å². The predicted octanol–water partition coefficient (Wildman–Crippen LogP) is 0.0446. The molecule has 3 heterocycles. The first-order valence-corrected chi connectivity index (χ1v) is 7.08. The Morgan fingerprint density at radius 2 is 2.09 bits per heavy atom. The molecule has 3 rings (SSSR count). The largest absolute Gasteiger partial charge is 0.354 e. The summed E-state index contributed by atoms with van der Waals surface area (Å²) in [5.74, 6) is 0.219. The molecular weight excluding hydrogens is 298 g/mol. The van der Waals surface area contributed by atoms with Gasteiger partial charge >= 0.3 is 5.69 Å². The first-order valence-electron chi connectivity index (χ1n) is 7.08. The van der Waals surface area contributed by atoms with Crippen LogP contribution >= 0.6 is 0 Å². The van der Waals surface area contributed by atoms with E-state index in [0.717, 1.165) is 0 Å². The van der Waals surface area contributed by atoms with E-state index in [1.165, 1.54) is 16.9 Å². The fraction of sp³-hybridized carbons (Fsp3) is 0.214. The number of fused-ring (bicyclic) bond motifs is 1. The summed E-state index contributed by atoms with van der Waals surface area (Å²) in [5.41, 5.74) is 0.386. The number of H-pyrrole nitrogens is 1. The summed E-state index contributed by atoms with van der Waals surface area (Å²) in [6.45, 7) is 1.09. The number of aromatic amines is 1. The molecule has 0 fully saturated rings. The maximum absolute atomic E-state index is 12.0. The van der Waals surface area contributed by atoms with Crippen LogP contribution in [-0.4, -0.2) is 43.3 Å². The summed E-state index contributed by atoms with van der Waals surface area (Å²) < 4.78 is 1.33. The molecule has 0 bridgehead atoms. The first kappa shape index (κ1) is 14.7. The van der Waals surface area contributed by atoms with Crippen molar-refractivity contribution in [2.24, 2.45) is 0 Å². The molecule has 3 aromatic rings. The van der Waals surface area contributed by atoms with Crippen molar-refractivity contribution in [1.29, 1.82) is 0 Å². The third-order valence-corrected chi connectivity index (χ3v) is 3.15. The van der Waals surface area contributed by atoms with Crippen LogP contribution in [0.4, 0.5) is 5.95 Å². The molecule has 0 saturated heterocycles. The van der Waals surface area contributed by atoms with Gasteiger partial charge in [-0.1, -0.05) is 0 Å². The highest BCUT2D eigenvalue weighted by molar-refractivity contribution is 5.93. The van der Waals surface area contributed by atoms with Crippen LogP contribution in [0.1, 0.15) is 16.9 Å². The van der Waals surface area contributed by atoms with E-state index in [2.05, 4.69) is 30.6 Å². The maximum Gasteiger partial charge on any atom is 0.331 e. The van der Waals surface area contributed by atoms with E-state index in [1.54, 1.807) is 24.5 Å². The van der Waals surface area contributed by atoms with Gasteiger partial charge in [0.05, 0.1) is 11.7 Å². The van der Waals surface area contributed by atoms with Crippen LogP contribution in [0.25, 0.3) is 5.52 Å². The fourth-order valence-corrected chi connectivity index (χ4v) is 2.04. The molecule has 118 valence electrons. The molecule has 0 radical (unpaired) electrons. The van der Waals surface area contributed by atoms with E-state index in [9.17, 15) is 9.59 Å². The zero-order valence-corrected chi connectivity index (χ0v) is 12.2. The fourth-order valence-electron chi connectivity index (χ4n) is 2.04. The van der Waals surface area contributed by atoms with Gasteiger partial charge in [-0.05, 0) is 18.6 Å². The minimum atomic E-state index is -0.395. The molecule has 23 heavy (non-hydrogen) atoms. The number of aromatic nitrogens is 5.